The normalized spacial score (nSPS) is 11.9. The highest BCUT2D eigenvalue weighted by Gasteiger charge is 2.10. The lowest BCUT2D eigenvalue weighted by Crippen LogP contribution is -2.34. The summed E-state index contributed by atoms with van der Waals surface area (Å²) in [5, 5.41) is 14.7. The van der Waals surface area contributed by atoms with Crippen LogP contribution in [0.4, 0.5) is 0 Å². The Bertz CT molecular complexity index is 244. The van der Waals surface area contributed by atoms with Gasteiger partial charge < -0.3 is 15.7 Å². The fourth-order valence-electron chi connectivity index (χ4n) is 1.47. The molecule has 0 bridgehead atoms. The van der Waals surface area contributed by atoms with Gasteiger partial charge in [-0.2, -0.15) is 0 Å². The molecule has 0 saturated carbocycles. The molecule has 0 spiro atoms. The summed E-state index contributed by atoms with van der Waals surface area (Å²) in [7, 11) is 0. The third-order valence-corrected chi connectivity index (χ3v) is 2.74. The first-order valence-electron chi connectivity index (χ1n) is 6.84. The van der Waals surface area contributed by atoms with Crippen LogP contribution in [0.5, 0.6) is 0 Å². The molecular formula is C13H26N2O3. The van der Waals surface area contributed by atoms with Crippen LogP contribution in [0, 0.1) is 0 Å². The first-order valence-corrected chi connectivity index (χ1v) is 6.84. The van der Waals surface area contributed by atoms with E-state index >= 15 is 0 Å². The average molecular weight is 258 g/mol. The van der Waals surface area contributed by atoms with E-state index in [4.69, 9.17) is 0 Å². The largest absolute Gasteiger partial charge is 0.383 e. The van der Waals surface area contributed by atoms with Crippen molar-refractivity contribution in [1.82, 2.24) is 10.6 Å². The van der Waals surface area contributed by atoms with Crippen molar-refractivity contribution in [1.29, 1.82) is 0 Å². The van der Waals surface area contributed by atoms with Gasteiger partial charge in [-0.25, -0.2) is 0 Å². The first-order chi connectivity index (χ1) is 8.61. The van der Waals surface area contributed by atoms with Crippen LogP contribution in [0.2, 0.25) is 0 Å². The predicted molar refractivity (Wildman–Crippen MR) is 71.1 cm³/mol. The minimum atomic E-state index is -0.880. The fraction of sp³-hybridized carbons (Fsp3) is 0.846. The molecule has 1 unspecified atom stereocenters. The van der Waals surface area contributed by atoms with Crippen LogP contribution in [-0.4, -0.2) is 36.1 Å². The van der Waals surface area contributed by atoms with E-state index in [1.807, 2.05) is 6.92 Å². The molecule has 106 valence electrons. The monoisotopic (exact) mass is 258 g/mol. The number of carbonyl (C=O) groups excluding carboxylic acids is 2. The van der Waals surface area contributed by atoms with Gasteiger partial charge >= 0.3 is 0 Å². The molecule has 0 saturated heterocycles. The van der Waals surface area contributed by atoms with Gasteiger partial charge in [0.1, 0.15) is 6.10 Å². The second-order valence-electron chi connectivity index (χ2n) is 4.33. The fourth-order valence-corrected chi connectivity index (χ4v) is 1.47. The number of carbonyl (C=O) groups is 2. The van der Waals surface area contributed by atoms with Gasteiger partial charge in [0, 0.05) is 19.5 Å². The average Bonchev–Trinajstić information content (AvgIpc) is 2.39. The molecule has 0 aromatic carbocycles. The molecule has 0 aliphatic heterocycles. The van der Waals surface area contributed by atoms with E-state index < -0.39 is 6.10 Å². The number of hydrogen-bond donors (Lipinski definition) is 3. The van der Waals surface area contributed by atoms with Gasteiger partial charge in [-0.15, -0.1) is 0 Å². The van der Waals surface area contributed by atoms with Crippen molar-refractivity contribution >= 4 is 11.8 Å². The number of amides is 2. The molecule has 3 N–H and O–H groups in total. The maximum atomic E-state index is 11.2. The van der Waals surface area contributed by atoms with Crippen molar-refractivity contribution in [3.05, 3.63) is 0 Å². The van der Waals surface area contributed by atoms with Gasteiger partial charge in [0.25, 0.3) is 0 Å². The van der Waals surface area contributed by atoms with E-state index in [1.54, 1.807) is 6.92 Å². The van der Waals surface area contributed by atoms with Gasteiger partial charge in [0.2, 0.25) is 11.8 Å². The van der Waals surface area contributed by atoms with Crippen LogP contribution in [0.1, 0.15) is 52.4 Å². The summed E-state index contributed by atoms with van der Waals surface area (Å²) in [5.41, 5.74) is 0. The van der Waals surface area contributed by atoms with Crippen molar-refractivity contribution in [3.63, 3.8) is 0 Å². The van der Waals surface area contributed by atoms with Crippen molar-refractivity contribution in [2.24, 2.45) is 0 Å². The zero-order valence-corrected chi connectivity index (χ0v) is 11.5. The van der Waals surface area contributed by atoms with Gasteiger partial charge in [-0.1, -0.05) is 26.7 Å². The SMILES string of the molecule is CCC(=O)NCCCCCCNC(=O)C(O)CC. The Morgan fingerprint density at radius 2 is 1.56 bits per heavy atom. The minimum absolute atomic E-state index is 0.0933. The number of aliphatic hydroxyl groups is 1. The molecule has 0 fully saturated rings. The van der Waals surface area contributed by atoms with Gasteiger partial charge in [-0.05, 0) is 19.3 Å². The summed E-state index contributed by atoms with van der Waals surface area (Å²) in [4.78, 5) is 22.1. The molecule has 0 heterocycles. The highest BCUT2D eigenvalue weighted by molar-refractivity contribution is 5.80. The molecule has 0 aromatic heterocycles. The number of aliphatic hydroxyl groups excluding tert-OH is 1. The molecule has 2 amide bonds. The summed E-state index contributed by atoms with van der Waals surface area (Å²) in [6.45, 7) is 4.95. The molecule has 0 aromatic rings. The Hall–Kier alpha value is -1.10. The van der Waals surface area contributed by atoms with E-state index in [1.165, 1.54) is 0 Å². The quantitative estimate of drug-likeness (QED) is 0.511. The third-order valence-electron chi connectivity index (χ3n) is 2.74. The smallest absolute Gasteiger partial charge is 0.248 e. The predicted octanol–water partition coefficient (Wildman–Crippen LogP) is 0.960. The van der Waals surface area contributed by atoms with Crippen LogP contribution in [0.15, 0.2) is 0 Å². The number of nitrogens with one attached hydrogen (secondary N) is 2. The Labute approximate surface area is 109 Å². The van der Waals surface area contributed by atoms with E-state index in [-0.39, 0.29) is 11.8 Å². The summed E-state index contributed by atoms with van der Waals surface area (Å²) in [5.74, 6) is -0.191. The van der Waals surface area contributed by atoms with Gasteiger partial charge in [0.05, 0.1) is 0 Å². The summed E-state index contributed by atoms with van der Waals surface area (Å²) < 4.78 is 0. The Morgan fingerprint density at radius 3 is 2.06 bits per heavy atom. The maximum absolute atomic E-state index is 11.2. The number of hydrogen-bond acceptors (Lipinski definition) is 3. The lowest BCUT2D eigenvalue weighted by Gasteiger charge is -2.09. The summed E-state index contributed by atoms with van der Waals surface area (Å²) in [6.07, 6.45) is 4.03. The van der Waals surface area contributed by atoms with Gasteiger partial charge in [-0.3, -0.25) is 9.59 Å². The molecule has 0 rings (SSSR count). The van der Waals surface area contributed by atoms with Gasteiger partial charge in [0.15, 0.2) is 0 Å². The van der Waals surface area contributed by atoms with E-state index in [0.717, 1.165) is 32.2 Å². The Balaban J connectivity index is 3.26. The van der Waals surface area contributed by atoms with Crippen molar-refractivity contribution in [2.75, 3.05) is 13.1 Å². The molecule has 5 heteroatoms. The van der Waals surface area contributed by atoms with Crippen molar-refractivity contribution in [2.45, 2.75) is 58.5 Å². The molecule has 1 atom stereocenters. The molecule has 5 nitrogen and oxygen atoms in total. The maximum Gasteiger partial charge on any atom is 0.248 e. The van der Waals surface area contributed by atoms with Crippen LogP contribution in [-0.2, 0) is 9.59 Å². The van der Waals surface area contributed by atoms with Crippen LogP contribution in [0.3, 0.4) is 0 Å². The summed E-state index contributed by atoms with van der Waals surface area (Å²) >= 11 is 0. The lowest BCUT2D eigenvalue weighted by atomic mass is 10.2. The molecule has 18 heavy (non-hydrogen) atoms. The highest BCUT2D eigenvalue weighted by Crippen LogP contribution is 1.98. The first kappa shape index (κ1) is 16.9. The van der Waals surface area contributed by atoms with Crippen molar-refractivity contribution < 1.29 is 14.7 Å². The van der Waals surface area contributed by atoms with Crippen LogP contribution >= 0.6 is 0 Å². The molecular weight excluding hydrogens is 232 g/mol. The zero-order valence-electron chi connectivity index (χ0n) is 11.5. The Kier molecular flexibility index (Phi) is 10.3. The van der Waals surface area contributed by atoms with Crippen molar-refractivity contribution in [3.8, 4) is 0 Å². The van der Waals surface area contributed by atoms with E-state index in [0.29, 0.717) is 19.4 Å². The highest BCUT2D eigenvalue weighted by atomic mass is 16.3. The van der Waals surface area contributed by atoms with Crippen LogP contribution in [0.25, 0.3) is 0 Å². The topological polar surface area (TPSA) is 78.4 Å². The molecule has 0 aliphatic rings. The van der Waals surface area contributed by atoms with E-state index in [9.17, 15) is 14.7 Å². The minimum Gasteiger partial charge on any atom is -0.383 e. The summed E-state index contributed by atoms with van der Waals surface area (Å²) in [6, 6.07) is 0. The molecule has 0 radical (unpaired) electrons. The lowest BCUT2D eigenvalue weighted by molar-refractivity contribution is -0.129. The third kappa shape index (κ3) is 8.98. The second kappa shape index (κ2) is 11.0. The second-order valence-corrected chi connectivity index (χ2v) is 4.33. The Morgan fingerprint density at radius 1 is 1.00 bits per heavy atom. The van der Waals surface area contributed by atoms with E-state index in [2.05, 4.69) is 10.6 Å². The van der Waals surface area contributed by atoms with Crippen LogP contribution < -0.4 is 10.6 Å². The molecule has 0 aliphatic carbocycles. The standard InChI is InChI=1S/C13H26N2O3/c1-3-11(16)13(18)15-10-8-6-5-7-9-14-12(17)4-2/h11,16H,3-10H2,1-2H3,(H,14,17)(H,15,18). The zero-order chi connectivity index (χ0) is 13.8. The number of unbranched alkanes of at least 4 members (excludes halogenated alkanes) is 3. The number of rotatable bonds is 10.